The number of benzene rings is 1. The van der Waals surface area contributed by atoms with Gasteiger partial charge in [0.2, 0.25) is 0 Å². The third-order valence-electron chi connectivity index (χ3n) is 4.46. The Morgan fingerprint density at radius 3 is 1.93 bits per heavy atom. The zero-order valence-electron chi connectivity index (χ0n) is 16.7. The normalized spacial score (nSPS) is 10.6. The smallest absolute Gasteiger partial charge is 0.333 e. The molecule has 0 amide bonds. The number of phenols is 3. The number of Topliss-reactive ketones (excluding diaryl/α,β-unsaturated/α-hetero) is 1. The second kappa shape index (κ2) is 12.8. The van der Waals surface area contributed by atoms with Crippen molar-refractivity contribution in [1.82, 2.24) is 0 Å². The average Bonchev–Trinajstić information content (AvgIpc) is 2.63. The van der Waals surface area contributed by atoms with Crippen LogP contribution in [0.25, 0.3) is 0 Å². The molecule has 0 aromatic heterocycles. The number of hydrogen-bond acceptors (Lipinski definition) is 6. The van der Waals surface area contributed by atoms with Crippen LogP contribution >= 0.6 is 0 Å². The van der Waals surface area contributed by atoms with Crippen molar-refractivity contribution in [3.8, 4) is 17.2 Å². The van der Waals surface area contributed by atoms with Crippen LogP contribution in [0.15, 0.2) is 24.3 Å². The van der Waals surface area contributed by atoms with Gasteiger partial charge in [-0.3, -0.25) is 4.79 Å². The van der Waals surface area contributed by atoms with E-state index in [2.05, 4.69) is 6.58 Å². The minimum Gasteiger partial charge on any atom is -0.504 e. The van der Waals surface area contributed by atoms with Crippen molar-refractivity contribution in [3.63, 3.8) is 0 Å². The fourth-order valence-corrected chi connectivity index (χ4v) is 2.85. The molecule has 0 heterocycles. The van der Waals surface area contributed by atoms with E-state index < -0.39 is 17.2 Å². The summed E-state index contributed by atoms with van der Waals surface area (Å²) >= 11 is 0. The number of carbonyl (C=O) groups excluding carboxylic acids is 2. The lowest BCUT2D eigenvalue weighted by Crippen LogP contribution is -2.05. The molecule has 1 aromatic rings. The molecule has 0 saturated carbocycles. The zero-order valence-corrected chi connectivity index (χ0v) is 16.7. The molecule has 0 aliphatic heterocycles. The van der Waals surface area contributed by atoms with Gasteiger partial charge in [0.15, 0.2) is 17.2 Å². The van der Waals surface area contributed by atoms with Crippen molar-refractivity contribution < 1.29 is 29.6 Å². The summed E-state index contributed by atoms with van der Waals surface area (Å²) in [6.07, 6.45) is 8.78. The molecule has 0 aliphatic rings. The number of rotatable bonds is 14. The Kier molecular flexibility index (Phi) is 10.8. The van der Waals surface area contributed by atoms with Crippen molar-refractivity contribution in [2.45, 2.75) is 71.1 Å². The first kappa shape index (κ1) is 23.5. The minimum atomic E-state index is -0.566. The lowest BCUT2D eigenvalue weighted by atomic mass is 10.0. The summed E-state index contributed by atoms with van der Waals surface area (Å²) in [5.74, 6) is -1.68. The van der Waals surface area contributed by atoms with E-state index >= 15 is 0 Å². The van der Waals surface area contributed by atoms with E-state index in [9.17, 15) is 24.9 Å². The first-order valence-corrected chi connectivity index (χ1v) is 9.89. The van der Waals surface area contributed by atoms with Gasteiger partial charge in [0.25, 0.3) is 0 Å². The van der Waals surface area contributed by atoms with E-state index in [-0.39, 0.29) is 18.2 Å². The van der Waals surface area contributed by atoms with Crippen LogP contribution in [-0.2, 0) is 20.7 Å². The Hall–Kier alpha value is -2.50. The van der Waals surface area contributed by atoms with Gasteiger partial charge in [-0.15, -0.1) is 0 Å². The third-order valence-corrected chi connectivity index (χ3v) is 4.46. The molecule has 28 heavy (non-hydrogen) atoms. The summed E-state index contributed by atoms with van der Waals surface area (Å²) in [7, 11) is 0. The number of esters is 1. The van der Waals surface area contributed by atoms with Gasteiger partial charge in [-0.05, 0) is 37.5 Å². The summed E-state index contributed by atoms with van der Waals surface area (Å²) in [5.41, 5.74) is 0.921. The molecule has 156 valence electrons. The van der Waals surface area contributed by atoms with E-state index in [0.717, 1.165) is 51.4 Å². The molecule has 6 heteroatoms. The molecule has 0 radical (unpaired) electrons. The Labute approximate surface area is 166 Å². The lowest BCUT2D eigenvalue weighted by Gasteiger charge is -2.06. The van der Waals surface area contributed by atoms with Gasteiger partial charge in [0.1, 0.15) is 5.78 Å². The fraction of sp³-hybridized carbons (Fsp3) is 0.545. The number of hydrogen-bond donors (Lipinski definition) is 3. The average molecular weight is 392 g/mol. The summed E-state index contributed by atoms with van der Waals surface area (Å²) in [6.45, 7) is 5.62. The standard InChI is InChI=1S/C22H32O6/c1-16(2)22(27)28-12-10-8-6-4-3-5-7-9-11-18(23)13-17-14-19(24)21(26)20(25)15-17/h14-15,24-26H,1,3-13H2,2H3. The second-order valence-electron chi connectivity index (χ2n) is 7.19. The molecule has 0 saturated heterocycles. The molecule has 0 atom stereocenters. The van der Waals surface area contributed by atoms with Gasteiger partial charge in [0, 0.05) is 18.4 Å². The van der Waals surface area contributed by atoms with E-state index in [1.54, 1.807) is 6.92 Å². The summed E-state index contributed by atoms with van der Waals surface area (Å²) < 4.78 is 5.04. The van der Waals surface area contributed by atoms with Gasteiger partial charge >= 0.3 is 5.97 Å². The Morgan fingerprint density at radius 2 is 1.39 bits per heavy atom. The van der Waals surface area contributed by atoms with E-state index in [0.29, 0.717) is 24.2 Å². The molecule has 0 aliphatic carbocycles. The molecule has 0 fully saturated rings. The van der Waals surface area contributed by atoms with Crippen molar-refractivity contribution in [2.24, 2.45) is 0 Å². The highest BCUT2D eigenvalue weighted by Gasteiger charge is 2.11. The minimum absolute atomic E-state index is 0.0498. The number of carbonyl (C=O) groups is 2. The molecule has 1 aromatic carbocycles. The maximum Gasteiger partial charge on any atom is 0.333 e. The molecule has 3 N–H and O–H groups in total. The van der Waals surface area contributed by atoms with E-state index in [1.165, 1.54) is 12.1 Å². The molecule has 0 spiro atoms. The highest BCUT2D eigenvalue weighted by atomic mass is 16.5. The number of aromatic hydroxyl groups is 3. The van der Waals surface area contributed by atoms with Crippen LogP contribution in [0.5, 0.6) is 17.2 Å². The predicted octanol–water partition coefficient (Wildman–Crippen LogP) is 4.55. The largest absolute Gasteiger partial charge is 0.504 e. The fourth-order valence-electron chi connectivity index (χ4n) is 2.85. The highest BCUT2D eigenvalue weighted by molar-refractivity contribution is 5.86. The maximum absolute atomic E-state index is 12.0. The summed E-state index contributed by atoms with van der Waals surface area (Å²) in [6, 6.07) is 2.60. The SMILES string of the molecule is C=C(C)C(=O)OCCCCCCCCCCC(=O)Cc1cc(O)c(O)c(O)c1. The Bertz CT molecular complexity index is 642. The van der Waals surface area contributed by atoms with Gasteiger partial charge in [-0.25, -0.2) is 4.79 Å². The lowest BCUT2D eigenvalue weighted by molar-refractivity contribution is -0.139. The Balaban J connectivity index is 2.00. The summed E-state index contributed by atoms with van der Waals surface area (Å²) in [4.78, 5) is 23.2. The van der Waals surface area contributed by atoms with Crippen LogP contribution in [0, 0.1) is 0 Å². The van der Waals surface area contributed by atoms with Crippen molar-refractivity contribution in [1.29, 1.82) is 0 Å². The number of ether oxygens (including phenoxy) is 1. The van der Waals surface area contributed by atoms with Gasteiger partial charge < -0.3 is 20.1 Å². The third kappa shape index (κ3) is 9.44. The monoisotopic (exact) mass is 392 g/mol. The second-order valence-corrected chi connectivity index (χ2v) is 7.19. The molecule has 1 rings (SSSR count). The van der Waals surface area contributed by atoms with Crippen molar-refractivity contribution in [3.05, 3.63) is 29.8 Å². The number of unbranched alkanes of at least 4 members (excludes halogenated alkanes) is 7. The highest BCUT2D eigenvalue weighted by Crippen LogP contribution is 2.35. The summed E-state index contributed by atoms with van der Waals surface area (Å²) in [5, 5.41) is 28.2. The van der Waals surface area contributed by atoms with Crippen molar-refractivity contribution >= 4 is 11.8 Å². The Morgan fingerprint density at radius 1 is 0.893 bits per heavy atom. The van der Waals surface area contributed by atoms with Crippen LogP contribution in [0.3, 0.4) is 0 Å². The number of ketones is 1. The van der Waals surface area contributed by atoms with Crippen LogP contribution in [-0.4, -0.2) is 33.7 Å². The molecule has 6 nitrogen and oxygen atoms in total. The zero-order chi connectivity index (χ0) is 20.9. The molecular formula is C22H32O6. The molecular weight excluding hydrogens is 360 g/mol. The first-order chi connectivity index (χ1) is 13.3. The van der Waals surface area contributed by atoms with E-state index in [1.807, 2.05) is 0 Å². The topological polar surface area (TPSA) is 104 Å². The molecule has 0 bridgehead atoms. The quantitative estimate of drug-likeness (QED) is 0.186. The maximum atomic E-state index is 12.0. The van der Waals surface area contributed by atoms with Crippen molar-refractivity contribution in [2.75, 3.05) is 6.61 Å². The van der Waals surface area contributed by atoms with Gasteiger partial charge in [-0.1, -0.05) is 45.1 Å². The van der Waals surface area contributed by atoms with Crippen LogP contribution < -0.4 is 0 Å². The van der Waals surface area contributed by atoms with Crippen LogP contribution in [0.1, 0.15) is 70.3 Å². The van der Waals surface area contributed by atoms with Crippen LogP contribution in [0.2, 0.25) is 0 Å². The number of phenolic OH excluding ortho intramolecular Hbond substituents is 3. The van der Waals surface area contributed by atoms with Gasteiger partial charge in [0.05, 0.1) is 6.61 Å². The van der Waals surface area contributed by atoms with E-state index in [4.69, 9.17) is 4.74 Å². The van der Waals surface area contributed by atoms with Gasteiger partial charge in [-0.2, -0.15) is 0 Å². The van der Waals surface area contributed by atoms with Crippen LogP contribution in [0.4, 0.5) is 0 Å². The first-order valence-electron chi connectivity index (χ1n) is 9.89. The predicted molar refractivity (Wildman–Crippen MR) is 107 cm³/mol. The molecule has 0 unspecified atom stereocenters.